The molecule has 180 valence electrons. The summed E-state index contributed by atoms with van der Waals surface area (Å²) in [6.45, 7) is 0. The third kappa shape index (κ3) is 5.27. The lowest BCUT2D eigenvalue weighted by atomic mass is 10.0. The van der Waals surface area contributed by atoms with E-state index in [9.17, 15) is 4.79 Å². The quantitative estimate of drug-likeness (QED) is 0.293. The molecule has 1 atom stereocenters. The van der Waals surface area contributed by atoms with Crippen molar-refractivity contribution in [2.75, 3.05) is 17.7 Å². The maximum Gasteiger partial charge on any atom is 0.250 e. The molecule has 9 heteroatoms. The first-order valence-electron chi connectivity index (χ1n) is 11.1. The van der Waals surface area contributed by atoms with Gasteiger partial charge in [0.2, 0.25) is 5.95 Å². The molecule has 0 radical (unpaired) electrons. The van der Waals surface area contributed by atoms with Crippen LogP contribution in [0.15, 0.2) is 84.9 Å². The van der Waals surface area contributed by atoms with Gasteiger partial charge in [-0.25, -0.2) is 4.68 Å². The molecule has 0 bridgehead atoms. The summed E-state index contributed by atoms with van der Waals surface area (Å²) in [5, 5.41) is 11.9. The van der Waals surface area contributed by atoms with Crippen LogP contribution in [0.4, 0.5) is 11.9 Å². The molecule has 4 aromatic rings. The van der Waals surface area contributed by atoms with Gasteiger partial charge in [-0.3, -0.25) is 10.1 Å². The van der Waals surface area contributed by atoms with Crippen LogP contribution in [0.5, 0.6) is 5.75 Å². The number of anilines is 2. The molecule has 36 heavy (non-hydrogen) atoms. The van der Waals surface area contributed by atoms with Crippen LogP contribution in [-0.4, -0.2) is 27.8 Å². The second kappa shape index (κ2) is 10.3. The van der Waals surface area contributed by atoms with E-state index in [4.69, 9.17) is 27.9 Å². The number of hydrogen-bond donors (Lipinski definition) is 2. The van der Waals surface area contributed by atoms with Crippen molar-refractivity contribution in [2.45, 2.75) is 6.04 Å². The van der Waals surface area contributed by atoms with E-state index >= 15 is 0 Å². The van der Waals surface area contributed by atoms with Crippen molar-refractivity contribution >= 4 is 52.8 Å². The van der Waals surface area contributed by atoms with Crippen molar-refractivity contribution < 1.29 is 9.53 Å². The fraction of sp³-hybridized carbons (Fsp3) is 0.0741. The normalized spacial score (nSPS) is 14.6. The average Bonchev–Trinajstić information content (AvgIpc) is 3.30. The number of hydrogen-bond acceptors (Lipinski definition) is 5. The highest BCUT2D eigenvalue weighted by Gasteiger charge is 2.25. The van der Waals surface area contributed by atoms with Gasteiger partial charge in [0.25, 0.3) is 11.9 Å². The van der Waals surface area contributed by atoms with Crippen LogP contribution in [0, 0.1) is 0 Å². The van der Waals surface area contributed by atoms with Gasteiger partial charge in [-0.2, -0.15) is 4.98 Å². The summed E-state index contributed by atoms with van der Waals surface area (Å²) in [4.78, 5) is 17.1. The summed E-state index contributed by atoms with van der Waals surface area (Å²) < 4.78 is 7.04. The predicted molar refractivity (Wildman–Crippen MR) is 143 cm³/mol. The van der Waals surface area contributed by atoms with Crippen molar-refractivity contribution in [3.8, 4) is 5.75 Å². The van der Waals surface area contributed by atoms with Crippen LogP contribution < -0.4 is 15.4 Å². The van der Waals surface area contributed by atoms with Crippen LogP contribution in [0.3, 0.4) is 0 Å². The van der Waals surface area contributed by atoms with Gasteiger partial charge < -0.3 is 10.1 Å². The first kappa shape index (κ1) is 23.7. The predicted octanol–water partition coefficient (Wildman–Crippen LogP) is 6.30. The Kier molecular flexibility index (Phi) is 6.75. The minimum Gasteiger partial charge on any atom is -0.497 e. The summed E-state index contributed by atoms with van der Waals surface area (Å²) in [6.07, 6.45) is 5.17. The standard InChI is InChI=1S/C27H21Cl2N5O2/c1-36-22-13-7-19(8-14-22)24-16-23(18-5-11-21(29)12-6-18)30-27-32-26(33-34(24)27)31-25(35)15-4-17-2-9-20(28)10-3-17/h2-16,24H,1H3,(H2,30,31,32,33,35)/b15-4+/t24-/m0/s1. The second-order valence-corrected chi connectivity index (χ2v) is 8.88. The Morgan fingerprint density at radius 1 is 1.00 bits per heavy atom. The van der Waals surface area contributed by atoms with E-state index < -0.39 is 0 Å². The molecule has 5 rings (SSSR count). The third-order valence-corrected chi connectivity index (χ3v) is 6.11. The molecule has 1 aromatic heterocycles. The lowest BCUT2D eigenvalue weighted by Crippen LogP contribution is -2.20. The minimum absolute atomic E-state index is 0.188. The lowest BCUT2D eigenvalue weighted by Gasteiger charge is -2.24. The van der Waals surface area contributed by atoms with E-state index in [1.54, 1.807) is 30.0 Å². The lowest BCUT2D eigenvalue weighted by molar-refractivity contribution is -0.111. The van der Waals surface area contributed by atoms with Crippen molar-refractivity contribution in [2.24, 2.45) is 0 Å². The first-order valence-corrected chi connectivity index (χ1v) is 11.8. The molecule has 0 unspecified atom stereocenters. The number of allylic oxidation sites excluding steroid dienone is 1. The maximum atomic E-state index is 12.5. The number of nitrogens with one attached hydrogen (secondary N) is 2. The summed E-state index contributed by atoms with van der Waals surface area (Å²) >= 11 is 12.0. The van der Waals surface area contributed by atoms with Crippen molar-refractivity contribution in [3.05, 3.63) is 112 Å². The van der Waals surface area contributed by atoms with Gasteiger partial charge >= 0.3 is 0 Å². The Labute approximate surface area is 218 Å². The van der Waals surface area contributed by atoms with Crippen LogP contribution in [0.25, 0.3) is 11.8 Å². The average molecular weight is 518 g/mol. The largest absolute Gasteiger partial charge is 0.497 e. The molecule has 2 heterocycles. The Hall–Kier alpha value is -4.07. The second-order valence-electron chi connectivity index (χ2n) is 8.01. The highest BCUT2D eigenvalue weighted by atomic mass is 35.5. The van der Waals surface area contributed by atoms with Crippen molar-refractivity contribution in [1.29, 1.82) is 0 Å². The van der Waals surface area contributed by atoms with Crippen molar-refractivity contribution in [1.82, 2.24) is 14.8 Å². The van der Waals surface area contributed by atoms with E-state index in [2.05, 4.69) is 26.8 Å². The summed E-state index contributed by atoms with van der Waals surface area (Å²) in [7, 11) is 1.63. The molecule has 0 spiro atoms. The van der Waals surface area contributed by atoms with Gasteiger partial charge in [0, 0.05) is 21.8 Å². The Bertz CT molecular complexity index is 1440. The van der Waals surface area contributed by atoms with E-state index in [0.29, 0.717) is 16.0 Å². The van der Waals surface area contributed by atoms with E-state index in [0.717, 1.165) is 28.1 Å². The number of carbonyl (C=O) groups excluding carboxylic acids is 1. The van der Waals surface area contributed by atoms with Crippen LogP contribution in [-0.2, 0) is 4.79 Å². The minimum atomic E-state index is -0.347. The molecular weight excluding hydrogens is 497 g/mol. The van der Waals surface area contributed by atoms with E-state index in [1.807, 2.05) is 60.7 Å². The number of aromatic nitrogens is 3. The highest BCUT2D eigenvalue weighted by Crippen LogP contribution is 2.34. The monoisotopic (exact) mass is 517 g/mol. The third-order valence-electron chi connectivity index (χ3n) is 5.61. The molecular formula is C27H21Cl2N5O2. The highest BCUT2D eigenvalue weighted by molar-refractivity contribution is 6.30. The fourth-order valence-corrected chi connectivity index (χ4v) is 4.03. The molecule has 1 amide bonds. The zero-order valence-corrected chi connectivity index (χ0v) is 20.7. The zero-order valence-electron chi connectivity index (χ0n) is 19.2. The van der Waals surface area contributed by atoms with Crippen LogP contribution >= 0.6 is 23.2 Å². The number of fused-ring (bicyclic) bond motifs is 1. The molecule has 0 aliphatic carbocycles. The summed E-state index contributed by atoms with van der Waals surface area (Å²) in [5.41, 5.74) is 3.64. The van der Waals surface area contributed by atoms with Gasteiger partial charge in [0.15, 0.2) is 0 Å². The zero-order chi connectivity index (χ0) is 25.1. The Morgan fingerprint density at radius 3 is 2.33 bits per heavy atom. The maximum absolute atomic E-state index is 12.5. The first-order chi connectivity index (χ1) is 17.5. The number of benzene rings is 3. The molecule has 3 aromatic carbocycles. The molecule has 1 aliphatic rings. The van der Waals surface area contributed by atoms with Crippen LogP contribution in [0.1, 0.15) is 22.7 Å². The number of carbonyl (C=O) groups is 1. The molecule has 0 saturated heterocycles. The number of rotatable bonds is 6. The number of halogens is 2. The summed E-state index contributed by atoms with van der Waals surface area (Å²) in [5.74, 6) is 1.10. The SMILES string of the molecule is COc1ccc([C@@H]2C=C(c3ccc(Cl)cc3)Nc3nc(NC(=O)/C=C/c4ccc(Cl)cc4)nn32)cc1. The molecule has 0 saturated carbocycles. The Morgan fingerprint density at radius 2 is 1.67 bits per heavy atom. The molecule has 7 nitrogen and oxygen atoms in total. The van der Waals surface area contributed by atoms with Gasteiger partial charge in [-0.1, -0.05) is 59.6 Å². The molecule has 1 aliphatic heterocycles. The Balaban J connectivity index is 1.43. The van der Waals surface area contributed by atoms with Crippen molar-refractivity contribution in [3.63, 3.8) is 0 Å². The van der Waals surface area contributed by atoms with E-state index in [1.165, 1.54) is 6.08 Å². The fourth-order valence-electron chi connectivity index (χ4n) is 3.78. The van der Waals surface area contributed by atoms with Gasteiger partial charge in [0.1, 0.15) is 11.8 Å². The number of nitrogens with zero attached hydrogens (tertiary/aromatic N) is 3. The smallest absolute Gasteiger partial charge is 0.250 e. The number of ether oxygens (including phenoxy) is 1. The number of amides is 1. The molecule has 0 fully saturated rings. The summed E-state index contributed by atoms with van der Waals surface area (Å²) in [6, 6.07) is 22.2. The van der Waals surface area contributed by atoms with Gasteiger partial charge in [-0.05, 0) is 65.2 Å². The van der Waals surface area contributed by atoms with Crippen LogP contribution in [0.2, 0.25) is 10.0 Å². The van der Waals surface area contributed by atoms with E-state index in [-0.39, 0.29) is 17.9 Å². The topological polar surface area (TPSA) is 81.1 Å². The van der Waals surface area contributed by atoms with Gasteiger partial charge in [-0.15, -0.1) is 5.10 Å². The van der Waals surface area contributed by atoms with Gasteiger partial charge in [0.05, 0.1) is 7.11 Å². The number of methoxy groups -OCH3 is 1. The molecule has 2 N–H and O–H groups in total.